The van der Waals surface area contributed by atoms with Crippen molar-refractivity contribution in [3.63, 3.8) is 0 Å². The van der Waals surface area contributed by atoms with E-state index in [9.17, 15) is 0 Å². The van der Waals surface area contributed by atoms with Gasteiger partial charge < -0.3 is 53.2 Å². The molecule has 11 aliphatic carbocycles. The molecule has 586 valence electrons. The van der Waals surface area contributed by atoms with Crippen molar-refractivity contribution in [3.8, 4) is 0 Å². The van der Waals surface area contributed by atoms with Crippen LogP contribution in [0.2, 0.25) is 0 Å². The number of benzene rings is 6. The molecule has 6 aromatic carbocycles. The Kier molecular flexibility index (Phi) is 34.3. The predicted molar refractivity (Wildman–Crippen MR) is 456 cm³/mol. The SMILES string of the molecule is CNCCNC1CCCc2ccccc21.Cc1ccc(CCCNCCNC2CC3CCC2C3)cc1C.Cc1ccc(CCNCCNCC23CC4CC(CC(C4)C2)C3)cc1C.Cc1ccc(CCNCCNCCc2ccc(C)cc2)cc1.c1ccc(CCCNCCNC23CC4CC(CC(C4)C2)C3)cc1. The van der Waals surface area contributed by atoms with Crippen LogP contribution in [0.15, 0.2) is 140 Å². The molecule has 10 fully saturated rings. The van der Waals surface area contributed by atoms with Crippen molar-refractivity contribution in [1.82, 2.24) is 53.2 Å². The Morgan fingerprint density at radius 1 is 0.346 bits per heavy atom. The van der Waals surface area contributed by atoms with E-state index in [1.165, 1.54) is 207 Å². The van der Waals surface area contributed by atoms with E-state index < -0.39 is 0 Å². The summed E-state index contributed by atoms with van der Waals surface area (Å²) in [6.07, 6.45) is 36.2. The summed E-state index contributed by atoms with van der Waals surface area (Å²) in [6.45, 7) is 30.6. The Morgan fingerprint density at radius 2 is 0.804 bits per heavy atom. The van der Waals surface area contributed by atoms with E-state index in [0.29, 0.717) is 17.0 Å². The van der Waals surface area contributed by atoms with Gasteiger partial charge in [-0.05, 0) is 356 Å². The van der Waals surface area contributed by atoms with Crippen molar-refractivity contribution in [2.24, 2.45) is 52.8 Å². The van der Waals surface area contributed by atoms with Crippen LogP contribution in [0.3, 0.4) is 0 Å². The molecule has 0 heterocycles. The molecule has 10 saturated carbocycles. The Morgan fingerprint density at radius 3 is 1.34 bits per heavy atom. The molecule has 0 radical (unpaired) electrons. The molecule has 4 atom stereocenters. The molecular weight excluding hydrogens is 1310 g/mol. The molecule has 0 spiro atoms. The van der Waals surface area contributed by atoms with Gasteiger partial charge in [0.25, 0.3) is 0 Å². The lowest BCUT2D eigenvalue weighted by Crippen LogP contribution is -2.59. The maximum absolute atomic E-state index is 3.97. The summed E-state index contributed by atoms with van der Waals surface area (Å²) >= 11 is 0. The number of hydrogen-bond acceptors (Lipinski definition) is 10. The first-order valence-electron chi connectivity index (χ1n) is 43.8. The lowest BCUT2D eigenvalue weighted by atomic mass is 9.49. The molecule has 10 bridgehead atoms. The lowest BCUT2D eigenvalue weighted by molar-refractivity contribution is -0.0511. The molecule has 0 aromatic heterocycles. The maximum atomic E-state index is 3.97. The summed E-state index contributed by atoms with van der Waals surface area (Å²) in [7, 11) is 2.00. The second-order valence-corrected chi connectivity index (χ2v) is 35.7. The Balaban J connectivity index is 0.000000134. The van der Waals surface area contributed by atoms with Crippen LogP contribution in [0.4, 0.5) is 0 Å². The van der Waals surface area contributed by atoms with Gasteiger partial charge in [-0.25, -0.2) is 0 Å². The molecule has 0 aliphatic heterocycles. The van der Waals surface area contributed by atoms with Crippen LogP contribution in [0.5, 0.6) is 0 Å². The molecule has 10 nitrogen and oxygen atoms in total. The van der Waals surface area contributed by atoms with Gasteiger partial charge in [-0.2, -0.15) is 0 Å². The van der Waals surface area contributed by atoms with Gasteiger partial charge in [-0.3, -0.25) is 0 Å². The third-order valence-corrected chi connectivity index (χ3v) is 26.7. The summed E-state index contributed by atoms with van der Waals surface area (Å²) in [5, 5.41) is 36.1. The second kappa shape index (κ2) is 44.2. The van der Waals surface area contributed by atoms with Gasteiger partial charge in [0.2, 0.25) is 0 Å². The lowest BCUT2D eigenvalue weighted by Gasteiger charge is -2.57. The van der Waals surface area contributed by atoms with Gasteiger partial charge in [0.1, 0.15) is 0 Å². The quantitative estimate of drug-likeness (QED) is 0.0173. The van der Waals surface area contributed by atoms with Crippen molar-refractivity contribution in [2.45, 2.75) is 226 Å². The van der Waals surface area contributed by atoms with Gasteiger partial charge in [-0.1, -0.05) is 157 Å². The molecule has 11 aliphatic rings. The van der Waals surface area contributed by atoms with Gasteiger partial charge in [0.05, 0.1) is 0 Å². The first-order chi connectivity index (χ1) is 52.3. The zero-order valence-electron chi connectivity index (χ0n) is 68.3. The minimum atomic E-state index is 0.528. The van der Waals surface area contributed by atoms with Crippen molar-refractivity contribution < 1.29 is 0 Å². The Hall–Kier alpha value is -5.08. The van der Waals surface area contributed by atoms with Gasteiger partial charge >= 0.3 is 0 Å². The zero-order valence-corrected chi connectivity index (χ0v) is 68.3. The molecule has 17 rings (SSSR count). The molecule has 10 heteroatoms. The second-order valence-electron chi connectivity index (χ2n) is 35.7. The maximum Gasteiger partial charge on any atom is 0.0323 e. The minimum Gasteiger partial charge on any atom is -0.318 e. The van der Waals surface area contributed by atoms with Crippen LogP contribution in [0.1, 0.15) is 207 Å². The minimum absolute atomic E-state index is 0.528. The third kappa shape index (κ3) is 27.7. The van der Waals surface area contributed by atoms with Crippen LogP contribution in [0.25, 0.3) is 0 Å². The number of likely N-dealkylation sites (N-methyl/N-ethyl adjacent to an activating group) is 1. The number of aryl methyl sites for hydroxylation is 9. The summed E-state index contributed by atoms with van der Waals surface area (Å²) in [4.78, 5) is 0. The highest BCUT2D eigenvalue weighted by molar-refractivity contribution is 5.33. The van der Waals surface area contributed by atoms with Gasteiger partial charge in [-0.15, -0.1) is 0 Å². The Labute approximate surface area is 651 Å². The van der Waals surface area contributed by atoms with Crippen molar-refractivity contribution >= 4 is 0 Å². The van der Waals surface area contributed by atoms with Crippen LogP contribution < -0.4 is 53.2 Å². The van der Waals surface area contributed by atoms with Crippen LogP contribution in [-0.2, 0) is 38.5 Å². The van der Waals surface area contributed by atoms with E-state index in [1.807, 2.05) is 7.05 Å². The largest absolute Gasteiger partial charge is 0.318 e. The highest BCUT2D eigenvalue weighted by Gasteiger charge is 2.52. The fourth-order valence-electron chi connectivity index (χ4n) is 21.4. The number of fused-ring (bicyclic) bond motifs is 3. The third-order valence-electron chi connectivity index (χ3n) is 26.7. The average molecular weight is 1450 g/mol. The van der Waals surface area contributed by atoms with Crippen molar-refractivity contribution in [2.75, 3.05) is 112 Å². The number of nitrogens with one attached hydrogen (secondary N) is 10. The molecular formula is C97H148N10. The highest BCUT2D eigenvalue weighted by atomic mass is 15.0. The fourth-order valence-corrected chi connectivity index (χ4v) is 21.4. The average Bonchev–Trinajstić information content (AvgIpc) is 1.51. The highest BCUT2D eigenvalue weighted by Crippen LogP contribution is 2.60. The van der Waals surface area contributed by atoms with Crippen LogP contribution in [-0.4, -0.2) is 123 Å². The predicted octanol–water partition coefficient (Wildman–Crippen LogP) is 16.8. The summed E-state index contributed by atoms with van der Waals surface area (Å²) in [5.74, 6) is 8.41. The molecule has 0 amide bonds. The summed E-state index contributed by atoms with van der Waals surface area (Å²) < 4.78 is 0. The smallest absolute Gasteiger partial charge is 0.0323 e. The molecule has 10 N–H and O–H groups in total. The zero-order chi connectivity index (χ0) is 74.3. The first kappa shape index (κ1) is 82.9. The monoisotopic (exact) mass is 1450 g/mol. The first-order valence-corrected chi connectivity index (χ1v) is 43.8. The van der Waals surface area contributed by atoms with E-state index >= 15 is 0 Å². The van der Waals surface area contributed by atoms with Crippen molar-refractivity contribution in [3.05, 3.63) is 212 Å². The standard InChI is InChI=1S/C23H36N2.C21H32N2.C20H32N2.C20H28N2.C13H20N2/c1-17-3-4-19(9-18(17)2)5-6-24-7-8-25-16-23-13-20-10-21(14-23)12-22(11-20)15-23;1-2-5-17(6-3-1)7-4-8-22-9-10-23-21-14-18-11-19(15-21)13-20(12-18)16-21;1-15-5-6-17(12-16(15)2)4-3-9-21-10-11-22-20-14-18-7-8-19(20)13-18;1-17-3-7-19(8-4-17)11-13-21-15-16-22-14-12-20-9-5-18(2)6-10-20;1-14-9-10-15-13-8-4-6-11-5-2-3-7-12(11)13/h3-4,9,20-22,24-25H,5-8,10-16H2,1-2H3;1-3,5-6,18-20,22-23H,4,7-16H2;5-6,12,18-22H,3-4,7-11,13-14H2,1-2H3;3-10,21-22H,11-16H2,1-2H3;2-3,5,7,13-15H,4,6,8-10H2,1H3. The molecule has 107 heavy (non-hydrogen) atoms. The van der Waals surface area contributed by atoms with E-state index in [1.54, 1.807) is 19.3 Å². The molecule has 6 aromatic rings. The normalized spacial score (nSPS) is 25.7. The van der Waals surface area contributed by atoms with Gasteiger partial charge in [0.15, 0.2) is 0 Å². The fraction of sp³-hybridized carbons (Fsp3) is 0.629. The van der Waals surface area contributed by atoms with E-state index in [4.69, 9.17) is 0 Å². The number of hydrogen-bond donors (Lipinski definition) is 10. The molecule has 4 unspecified atom stereocenters. The topological polar surface area (TPSA) is 120 Å². The summed E-state index contributed by atoms with van der Waals surface area (Å²) in [6, 6.07) is 52.4. The van der Waals surface area contributed by atoms with Crippen molar-refractivity contribution in [1.29, 1.82) is 0 Å². The van der Waals surface area contributed by atoms with Crippen LogP contribution >= 0.6 is 0 Å². The van der Waals surface area contributed by atoms with E-state index in [2.05, 4.69) is 234 Å². The summed E-state index contributed by atoms with van der Waals surface area (Å²) in [5.41, 5.74) is 19.7. The van der Waals surface area contributed by atoms with E-state index in [-0.39, 0.29) is 0 Å². The van der Waals surface area contributed by atoms with E-state index in [0.717, 1.165) is 171 Å². The Bertz CT molecular complexity index is 3330. The number of rotatable bonds is 37. The molecule has 0 saturated heterocycles. The van der Waals surface area contributed by atoms with Gasteiger partial charge in [0, 0.05) is 89.6 Å². The van der Waals surface area contributed by atoms with Crippen LogP contribution in [0, 0.1) is 94.3 Å².